The number of furan rings is 5. The topological polar surface area (TPSA) is 130 Å². The maximum atomic E-state index is 6.77. The SMILES string of the molecule is CC(C)C1(C)c2cc(-c3cccc(-c4nc(-c5ccccc5)nc5c4oc4ccccc45)c3)ccc2-c2ccc3oc4ccccc4c3c21.CCC1(C(C)C)c2cc(-c3nc(-c4ccccc4)nc4c3oc3ccccc34)ccc2-c2ccc3oc4ccccc4c3c21.CCC1(CC)c2ccccc2-c2ccc3oc4c(-c5nc6ccccc6c6ccccc56)cccc4c3c21. The quantitative estimate of drug-likeness (QED) is 0.115. The second-order valence-corrected chi connectivity index (χ2v) is 36.4. The van der Waals surface area contributed by atoms with Gasteiger partial charge in [-0.2, -0.15) is 0 Å². The Bertz CT molecular complexity index is 8860. The lowest BCUT2D eigenvalue weighted by atomic mass is 9.67. The van der Waals surface area contributed by atoms with E-state index in [1.807, 2.05) is 84.9 Å². The lowest BCUT2D eigenvalue weighted by molar-refractivity contribution is 0.369. The van der Waals surface area contributed by atoms with Crippen molar-refractivity contribution in [2.45, 2.75) is 90.9 Å². The minimum Gasteiger partial charge on any atom is -0.456 e. The van der Waals surface area contributed by atoms with E-state index in [0.717, 1.165) is 153 Å². The Morgan fingerprint density at radius 1 is 0.252 bits per heavy atom. The molecule has 8 heterocycles. The van der Waals surface area contributed by atoms with Crippen LogP contribution in [0, 0.1) is 11.8 Å². The molecular weight excluding hydrogens is 1600 g/mol. The smallest absolute Gasteiger partial charge is 0.180 e. The molecule has 0 saturated carbocycles. The van der Waals surface area contributed by atoms with Gasteiger partial charge < -0.3 is 22.1 Å². The van der Waals surface area contributed by atoms with Gasteiger partial charge in [0.15, 0.2) is 22.8 Å². The second-order valence-electron chi connectivity index (χ2n) is 36.4. The predicted molar refractivity (Wildman–Crippen MR) is 537 cm³/mol. The Morgan fingerprint density at radius 3 is 1.26 bits per heavy atom. The van der Waals surface area contributed by atoms with Crippen LogP contribution >= 0.6 is 0 Å². The molecule has 2 atom stereocenters. The molecule has 0 spiro atoms. The zero-order valence-electron chi connectivity index (χ0n) is 74.0. The third-order valence-electron chi connectivity index (χ3n) is 29.6. The van der Waals surface area contributed by atoms with Crippen molar-refractivity contribution in [3.05, 3.63) is 379 Å². The maximum absolute atomic E-state index is 6.77. The Morgan fingerprint density at radius 2 is 0.664 bits per heavy atom. The number of para-hydroxylation sites is 6. The summed E-state index contributed by atoms with van der Waals surface area (Å²) in [6.45, 7) is 18.8. The molecule has 131 heavy (non-hydrogen) atoms. The molecule has 0 amide bonds. The number of aromatic nitrogens is 5. The van der Waals surface area contributed by atoms with Crippen molar-refractivity contribution in [3.8, 4) is 101 Å². The normalized spacial score (nSPS) is 15.2. The number of fused-ring (bicyclic) bond motifs is 30. The Hall–Kier alpha value is -15.7. The number of hydrogen-bond acceptors (Lipinski definition) is 10. The van der Waals surface area contributed by atoms with Gasteiger partial charge in [-0.05, 0) is 199 Å². The van der Waals surface area contributed by atoms with Gasteiger partial charge in [-0.3, -0.25) is 0 Å². The molecule has 0 radical (unpaired) electrons. The summed E-state index contributed by atoms with van der Waals surface area (Å²) in [7, 11) is 0. The molecular formula is C121H89N5O5. The molecule has 8 aromatic heterocycles. The molecule has 0 fully saturated rings. The summed E-state index contributed by atoms with van der Waals surface area (Å²) in [4.78, 5) is 25.6. The van der Waals surface area contributed by atoms with Crippen LogP contribution < -0.4 is 0 Å². The van der Waals surface area contributed by atoms with Gasteiger partial charge in [-0.25, -0.2) is 24.9 Å². The number of hydrogen-bond donors (Lipinski definition) is 0. The first-order valence-electron chi connectivity index (χ1n) is 46.0. The fourth-order valence-corrected chi connectivity index (χ4v) is 23.0. The predicted octanol–water partition coefficient (Wildman–Crippen LogP) is 33.2. The molecule has 0 saturated heterocycles. The van der Waals surface area contributed by atoms with Crippen LogP contribution in [-0.4, -0.2) is 24.9 Å². The van der Waals surface area contributed by atoms with Gasteiger partial charge in [-0.15, -0.1) is 0 Å². The van der Waals surface area contributed by atoms with Crippen LogP contribution in [0.25, 0.3) is 233 Å². The summed E-state index contributed by atoms with van der Waals surface area (Å²) in [6.07, 6.45) is 3.07. The standard InChI is InChI=1S/C45H32N2O2.C40H30N2O2.C36H27NO/c1-26(2)45(3)35-25-29(20-21-31(35)32-22-23-38-39(40(32)45)33-16-7-9-18-36(33)48-38)28-14-11-15-30(24-28)41-43-42(34-17-8-10-19-37(34)49-43)47-44(46-41)27-12-5-4-6-13-27;1-4-40(23(2)3)30-22-25(18-19-26(30)27-20-21-33-34(35(27)40)28-14-8-10-16-31(28)43-33)36-38-37(29-15-9-11-17-32(29)44-38)42-39(41-36)24-12-6-5-7-13-24;1-3-36(4-2)29-18-9-7-13-23(29)25-20-21-31-32(33(25)36)27-16-11-17-28(35(27)38-31)34-26-15-6-5-12-22(26)24-14-8-10-19-30(24)37-34/h4-26H,1-3H3;5-23H,4H2,1-3H3;5-21H,3-4H2,1-2H3. The fraction of sp³-hybridized carbons (Fsp3) is 0.132. The number of nitrogens with zero attached hydrogens (tertiary/aromatic N) is 5. The van der Waals surface area contributed by atoms with Crippen LogP contribution in [0.5, 0.6) is 0 Å². The Kier molecular flexibility index (Phi) is 17.6. The van der Waals surface area contributed by atoms with E-state index in [-0.39, 0.29) is 16.2 Å². The lowest BCUT2D eigenvalue weighted by Crippen LogP contribution is -2.31. The third kappa shape index (κ3) is 11.4. The number of pyridine rings is 1. The molecule has 3 aliphatic rings. The molecule has 27 rings (SSSR count). The third-order valence-corrected chi connectivity index (χ3v) is 29.6. The van der Waals surface area contributed by atoms with Crippen LogP contribution in [0.15, 0.2) is 368 Å². The Labute approximate surface area is 756 Å². The van der Waals surface area contributed by atoms with Gasteiger partial charge >= 0.3 is 0 Å². The van der Waals surface area contributed by atoms with E-state index in [9.17, 15) is 0 Å². The van der Waals surface area contributed by atoms with Gasteiger partial charge in [-0.1, -0.05) is 316 Å². The molecule has 0 N–H and O–H groups in total. The van der Waals surface area contributed by atoms with E-state index in [4.69, 9.17) is 47.0 Å². The van der Waals surface area contributed by atoms with Crippen molar-refractivity contribution in [1.82, 2.24) is 24.9 Å². The number of rotatable bonds is 11. The average molecular weight is 1690 g/mol. The van der Waals surface area contributed by atoms with Crippen molar-refractivity contribution in [1.29, 1.82) is 0 Å². The van der Waals surface area contributed by atoms with E-state index in [0.29, 0.717) is 29.1 Å². The summed E-state index contributed by atoms with van der Waals surface area (Å²) < 4.78 is 32.5. The molecule has 0 bridgehead atoms. The summed E-state index contributed by atoms with van der Waals surface area (Å²) in [5.41, 5.74) is 37.0. The van der Waals surface area contributed by atoms with E-state index in [2.05, 4.69) is 316 Å². The molecule has 0 aliphatic heterocycles. The zero-order chi connectivity index (χ0) is 87.9. The summed E-state index contributed by atoms with van der Waals surface area (Å²) in [5, 5.41) is 12.8. The molecule has 10 nitrogen and oxygen atoms in total. The van der Waals surface area contributed by atoms with Gasteiger partial charge in [0, 0.05) is 97.9 Å². The van der Waals surface area contributed by atoms with Crippen LogP contribution in [0.2, 0.25) is 0 Å². The van der Waals surface area contributed by atoms with E-state index < -0.39 is 0 Å². The molecule has 3 aliphatic carbocycles. The first-order chi connectivity index (χ1) is 64.3. The molecule has 2 unspecified atom stereocenters. The molecule has 628 valence electrons. The van der Waals surface area contributed by atoms with Crippen LogP contribution in [-0.2, 0) is 16.2 Å². The van der Waals surface area contributed by atoms with Crippen LogP contribution in [0.1, 0.15) is 108 Å². The highest BCUT2D eigenvalue weighted by atomic mass is 16.3. The summed E-state index contributed by atoms with van der Waals surface area (Å²) in [5.74, 6) is 2.08. The lowest BCUT2D eigenvalue weighted by Gasteiger charge is -2.36. The van der Waals surface area contributed by atoms with Crippen molar-refractivity contribution in [2.75, 3.05) is 0 Å². The average Bonchev–Trinajstić information content (AvgIpc) is 1.54. The number of benzene rings is 16. The minimum atomic E-state index is -0.206. The van der Waals surface area contributed by atoms with Crippen LogP contribution in [0.4, 0.5) is 0 Å². The first-order valence-corrected chi connectivity index (χ1v) is 46.0. The van der Waals surface area contributed by atoms with Crippen LogP contribution in [0.3, 0.4) is 0 Å². The fourth-order valence-electron chi connectivity index (χ4n) is 23.0. The van der Waals surface area contributed by atoms with Crippen molar-refractivity contribution >= 4 is 132 Å². The van der Waals surface area contributed by atoms with Gasteiger partial charge in [0.25, 0.3) is 0 Å². The molecule has 24 aromatic rings. The Balaban J connectivity index is 0.000000107. The second kappa shape index (κ2) is 29.7. The van der Waals surface area contributed by atoms with Crippen molar-refractivity contribution in [3.63, 3.8) is 0 Å². The summed E-state index contributed by atoms with van der Waals surface area (Å²) >= 11 is 0. The highest BCUT2D eigenvalue weighted by molar-refractivity contribution is 6.19. The van der Waals surface area contributed by atoms with Gasteiger partial charge in [0.05, 0.1) is 11.2 Å². The maximum Gasteiger partial charge on any atom is 0.180 e. The first kappa shape index (κ1) is 77.7. The van der Waals surface area contributed by atoms with Gasteiger partial charge in [0.1, 0.15) is 67.1 Å². The molecule has 16 aromatic carbocycles. The molecule has 10 heteroatoms. The van der Waals surface area contributed by atoms with E-state index in [1.54, 1.807) is 0 Å². The highest BCUT2D eigenvalue weighted by Crippen LogP contribution is 2.62. The highest BCUT2D eigenvalue weighted by Gasteiger charge is 2.48. The van der Waals surface area contributed by atoms with E-state index >= 15 is 0 Å². The summed E-state index contributed by atoms with van der Waals surface area (Å²) in [6, 6.07) is 122. The largest absolute Gasteiger partial charge is 0.456 e. The van der Waals surface area contributed by atoms with Crippen molar-refractivity contribution in [2.24, 2.45) is 11.8 Å². The minimum absolute atomic E-state index is 0.0217. The van der Waals surface area contributed by atoms with E-state index in [1.165, 1.54) is 115 Å². The zero-order valence-corrected chi connectivity index (χ0v) is 74.0. The van der Waals surface area contributed by atoms with Gasteiger partial charge in [0.2, 0.25) is 0 Å². The monoisotopic (exact) mass is 1690 g/mol. The van der Waals surface area contributed by atoms with Crippen molar-refractivity contribution < 1.29 is 22.1 Å².